The van der Waals surface area contributed by atoms with Crippen molar-refractivity contribution in [1.29, 1.82) is 0 Å². The van der Waals surface area contributed by atoms with Crippen LogP contribution in [-0.4, -0.2) is 65.5 Å². The molecule has 20 heavy (non-hydrogen) atoms. The Balaban J connectivity index is 2.38. The van der Waals surface area contributed by atoms with Crippen LogP contribution in [0.25, 0.3) is 0 Å². The molecular weight excluding hydrogens is 260 g/mol. The summed E-state index contributed by atoms with van der Waals surface area (Å²) in [6.45, 7) is 5.29. The van der Waals surface area contributed by atoms with Crippen molar-refractivity contribution in [2.45, 2.75) is 32.3 Å². The number of hydrazine groups is 1. The van der Waals surface area contributed by atoms with E-state index in [0.29, 0.717) is 32.5 Å². The lowest BCUT2D eigenvalue weighted by molar-refractivity contribution is -0.136. The molecule has 0 bridgehead atoms. The van der Waals surface area contributed by atoms with E-state index >= 15 is 0 Å². The maximum atomic E-state index is 12.1. The van der Waals surface area contributed by atoms with Gasteiger partial charge in [-0.25, -0.2) is 5.84 Å². The molecule has 1 aliphatic rings. The summed E-state index contributed by atoms with van der Waals surface area (Å²) in [7, 11) is 1.81. The fraction of sp³-hybridized carbons (Fsp3) is 0.846. The number of likely N-dealkylation sites (tertiary alicyclic amines) is 1. The second-order valence-corrected chi connectivity index (χ2v) is 6.15. The predicted octanol–water partition coefficient (Wildman–Crippen LogP) is -1.08. The lowest BCUT2D eigenvalue weighted by Gasteiger charge is -2.33. The van der Waals surface area contributed by atoms with Crippen molar-refractivity contribution in [3.8, 4) is 0 Å². The highest BCUT2D eigenvalue weighted by Crippen LogP contribution is 2.17. The second-order valence-electron chi connectivity index (χ2n) is 6.15. The number of hydrogen-bond donors (Lipinski definition) is 3. The third-order valence-electron chi connectivity index (χ3n) is 3.42. The van der Waals surface area contributed by atoms with Crippen LogP contribution in [0.4, 0.5) is 0 Å². The number of nitrogens with zero attached hydrogens (tertiary/aromatic N) is 2. The van der Waals surface area contributed by atoms with Gasteiger partial charge in [0, 0.05) is 25.6 Å². The Hall–Kier alpha value is -1.18. The first-order valence-electron chi connectivity index (χ1n) is 6.92. The molecular formula is C13H26N4O3. The molecule has 0 aliphatic carbocycles. The van der Waals surface area contributed by atoms with Crippen LogP contribution in [0.2, 0.25) is 0 Å². The molecule has 1 fully saturated rings. The number of likely N-dealkylation sites (N-methyl/N-ethyl adjacent to an activating group) is 1. The summed E-state index contributed by atoms with van der Waals surface area (Å²) < 4.78 is 0. The van der Waals surface area contributed by atoms with Crippen LogP contribution in [0, 0.1) is 5.92 Å². The van der Waals surface area contributed by atoms with Crippen LogP contribution in [0.15, 0.2) is 0 Å². The van der Waals surface area contributed by atoms with Gasteiger partial charge in [0.05, 0.1) is 12.1 Å². The number of carbonyl (C=O) groups is 2. The molecule has 0 aromatic heterocycles. The van der Waals surface area contributed by atoms with E-state index in [1.165, 1.54) is 0 Å². The summed E-state index contributed by atoms with van der Waals surface area (Å²) in [6.07, 6.45) is 1.29. The Bertz CT molecular complexity index is 346. The van der Waals surface area contributed by atoms with Crippen molar-refractivity contribution in [3.63, 3.8) is 0 Å². The monoisotopic (exact) mass is 286 g/mol. The van der Waals surface area contributed by atoms with Crippen LogP contribution in [0.3, 0.4) is 0 Å². The van der Waals surface area contributed by atoms with Crippen LogP contribution >= 0.6 is 0 Å². The van der Waals surface area contributed by atoms with Gasteiger partial charge in [-0.05, 0) is 33.7 Å². The minimum Gasteiger partial charge on any atom is -0.389 e. The number of piperidine rings is 1. The number of amides is 2. The van der Waals surface area contributed by atoms with E-state index in [1.807, 2.05) is 7.05 Å². The maximum Gasteiger partial charge on any atom is 0.237 e. The maximum absolute atomic E-state index is 12.1. The van der Waals surface area contributed by atoms with Crippen molar-refractivity contribution in [1.82, 2.24) is 15.2 Å². The number of nitrogens with one attached hydrogen (secondary N) is 1. The molecule has 0 spiro atoms. The van der Waals surface area contributed by atoms with E-state index in [1.54, 1.807) is 23.6 Å². The van der Waals surface area contributed by atoms with Gasteiger partial charge in [0.2, 0.25) is 11.8 Å². The molecule has 1 heterocycles. The molecule has 1 rings (SSSR count). The summed E-state index contributed by atoms with van der Waals surface area (Å²) in [4.78, 5) is 27.1. The van der Waals surface area contributed by atoms with E-state index in [2.05, 4.69) is 5.43 Å². The zero-order valence-electron chi connectivity index (χ0n) is 12.6. The van der Waals surface area contributed by atoms with Gasteiger partial charge >= 0.3 is 0 Å². The summed E-state index contributed by atoms with van der Waals surface area (Å²) in [5.41, 5.74) is 1.34. The first-order valence-corrected chi connectivity index (χ1v) is 6.92. The fourth-order valence-corrected chi connectivity index (χ4v) is 2.56. The van der Waals surface area contributed by atoms with E-state index in [9.17, 15) is 14.7 Å². The first kappa shape index (κ1) is 16.9. The lowest BCUT2D eigenvalue weighted by Crippen LogP contribution is -2.48. The minimum absolute atomic E-state index is 0.0309. The molecule has 1 saturated heterocycles. The smallest absolute Gasteiger partial charge is 0.237 e. The van der Waals surface area contributed by atoms with Crippen molar-refractivity contribution < 1.29 is 14.7 Å². The SMILES string of the molecule is CN(CC(=O)N1CCC(C(=O)NN)CC1)CC(C)(C)O. The zero-order valence-corrected chi connectivity index (χ0v) is 12.6. The van der Waals surface area contributed by atoms with E-state index < -0.39 is 5.60 Å². The molecule has 0 aromatic rings. The van der Waals surface area contributed by atoms with Crippen LogP contribution in [0.1, 0.15) is 26.7 Å². The number of hydrogen-bond acceptors (Lipinski definition) is 5. The molecule has 0 radical (unpaired) electrons. The second kappa shape index (κ2) is 7.01. The van der Waals surface area contributed by atoms with Gasteiger partial charge in [-0.15, -0.1) is 0 Å². The topological polar surface area (TPSA) is 98.9 Å². The van der Waals surface area contributed by atoms with Crippen LogP contribution in [-0.2, 0) is 9.59 Å². The molecule has 4 N–H and O–H groups in total. The molecule has 0 aromatic carbocycles. The molecule has 0 saturated carbocycles. The number of carbonyl (C=O) groups excluding carboxylic acids is 2. The lowest BCUT2D eigenvalue weighted by atomic mass is 9.96. The predicted molar refractivity (Wildman–Crippen MR) is 75.4 cm³/mol. The highest BCUT2D eigenvalue weighted by molar-refractivity contribution is 5.80. The summed E-state index contributed by atoms with van der Waals surface area (Å²) in [6, 6.07) is 0. The van der Waals surface area contributed by atoms with Gasteiger partial charge in [0.15, 0.2) is 0 Å². The summed E-state index contributed by atoms with van der Waals surface area (Å²) in [5, 5.41) is 9.71. The largest absolute Gasteiger partial charge is 0.389 e. The molecule has 0 unspecified atom stereocenters. The van der Waals surface area contributed by atoms with Crippen molar-refractivity contribution in [2.24, 2.45) is 11.8 Å². The average Bonchev–Trinajstić information content (AvgIpc) is 2.35. The normalized spacial score (nSPS) is 17.4. The van der Waals surface area contributed by atoms with Gasteiger partial charge in [0.1, 0.15) is 0 Å². The molecule has 7 heteroatoms. The third-order valence-corrected chi connectivity index (χ3v) is 3.42. The van der Waals surface area contributed by atoms with Gasteiger partial charge in [-0.2, -0.15) is 0 Å². The van der Waals surface area contributed by atoms with Gasteiger partial charge in [0.25, 0.3) is 0 Å². The highest BCUT2D eigenvalue weighted by Gasteiger charge is 2.27. The van der Waals surface area contributed by atoms with Crippen LogP contribution < -0.4 is 11.3 Å². The van der Waals surface area contributed by atoms with Gasteiger partial charge in [-0.3, -0.25) is 19.9 Å². The van der Waals surface area contributed by atoms with Crippen molar-refractivity contribution >= 4 is 11.8 Å². The zero-order chi connectivity index (χ0) is 15.3. The van der Waals surface area contributed by atoms with Crippen molar-refractivity contribution in [2.75, 3.05) is 33.2 Å². The summed E-state index contributed by atoms with van der Waals surface area (Å²) >= 11 is 0. The minimum atomic E-state index is -0.818. The standard InChI is InChI=1S/C13H26N4O3/c1-13(2,20)9-16(3)8-11(18)17-6-4-10(5-7-17)12(19)15-14/h10,20H,4-9,14H2,1-3H3,(H,15,19). The fourth-order valence-electron chi connectivity index (χ4n) is 2.56. The van der Waals surface area contributed by atoms with Gasteiger partial charge in [-0.1, -0.05) is 0 Å². The number of nitrogens with two attached hydrogens (primary N) is 1. The molecule has 1 aliphatic heterocycles. The summed E-state index contributed by atoms with van der Waals surface area (Å²) in [5.74, 6) is 4.89. The third kappa shape index (κ3) is 5.44. The Kier molecular flexibility index (Phi) is 5.91. The van der Waals surface area contributed by atoms with Gasteiger partial charge < -0.3 is 10.0 Å². The van der Waals surface area contributed by atoms with E-state index in [-0.39, 0.29) is 24.3 Å². The molecule has 7 nitrogen and oxygen atoms in total. The highest BCUT2D eigenvalue weighted by atomic mass is 16.3. The Morgan fingerprint density at radius 1 is 1.40 bits per heavy atom. The van der Waals surface area contributed by atoms with E-state index in [0.717, 1.165) is 0 Å². The Morgan fingerprint density at radius 2 is 1.95 bits per heavy atom. The Morgan fingerprint density at radius 3 is 2.40 bits per heavy atom. The van der Waals surface area contributed by atoms with E-state index in [4.69, 9.17) is 5.84 Å². The number of rotatable bonds is 5. The van der Waals surface area contributed by atoms with Crippen LogP contribution in [0.5, 0.6) is 0 Å². The van der Waals surface area contributed by atoms with Crippen molar-refractivity contribution in [3.05, 3.63) is 0 Å². The first-order chi connectivity index (χ1) is 9.23. The quantitative estimate of drug-likeness (QED) is 0.339. The molecule has 2 amide bonds. The number of aliphatic hydroxyl groups is 1. The average molecular weight is 286 g/mol. The molecule has 0 atom stereocenters. The Labute approximate surface area is 120 Å². The molecule has 116 valence electrons.